The third-order valence-corrected chi connectivity index (χ3v) is 8.60. The van der Waals surface area contributed by atoms with E-state index in [-0.39, 0.29) is 35.8 Å². The molecule has 0 saturated heterocycles. The number of nitrogens with one attached hydrogen (secondary N) is 8. The standard InChI is InChI=1S/C35H48N12O12.C2HF3O2/c1-18(41-29(49)17-40-34(54)23-9-5-6-10-24(23)36)32(52)44-26(11-7-8-14-38-21(4)48)35(55)43-19(2)31(51)42-20(3)33(53)45-27(30(37)50)16-39-25-13-12-22(46(56)57)15-28(25)47(58)59;3-2(4,5)1(6)7/h5-6,9-10,12-13,15,18-20,26-27,39H,7-8,11,14,16-17,36H2,1-4H3,(H2,37,50)(H,38,48)(H,40,54)(H,41,49)(H,42,51)(H,43,55)(H,44,52)(H,45,53);(H,6,7). The number of para-hydroxylation sites is 1. The number of carbonyl (C=O) groups excluding carboxylic acids is 8. The van der Waals surface area contributed by atoms with Gasteiger partial charge < -0.3 is 59.1 Å². The average Bonchev–Trinajstić information content (AvgIpc) is 3.22. The normalized spacial score (nSPS) is 12.9. The fraction of sp³-hybridized carbons (Fsp3) is 0.432. The van der Waals surface area contributed by atoms with E-state index in [9.17, 15) is 71.8 Å². The number of carboxylic acids is 1. The van der Waals surface area contributed by atoms with Gasteiger partial charge in [-0.05, 0) is 58.2 Å². The van der Waals surface area contributed by atoms with Crippen molar-refractivity contribution in [2.45, 2.75) is 83.3 Å². The number of unbranched alkanes of at least 4 members (excludes halogenated alkanes) is 1. The van der Waals surface area contributed by atoms with Crippen LogP contribution in [0, 0.1) is 20.2 Å². The monoisotopic (exact) mass is 942 g/mol. The maximum absolute atomic E-state index is 13.4. The molecule has 2 aromatic rings. The highest BCUT2D eigenvalue weighted by Gasteiger charge is 2.38. The van der Waals surface area contributed by atoms with Crippen molar-refractivity contribution >= 4 is 76.0 Å². The first-order valence-corrected chi connectivity index (χ1v) is 19.3. The summed E-state index contributed by atoms with van der Waals surface area (Å²) in [6.45, 7) is 4.54. The number of nitrogen functional groups attached to an aromatic ring is 1. The van der Waals surface area contributed by atoms with E-state index in [1.807, 2.05) is 0 Å². The summed E-state index contributed by atoms with van der Waals surface area (Å²) in [5.41, 5.74) is 10.1. The second-order valence-corrected chi connectivity index (χ2v) is 13.9. The number of non-ortho nitro benzene ring substituents is 1. The fourth-order valence-corrected chi connectivity index (χ4v) is 5.07. The first kappa shape index (κ1) is 55.9. The van der Waals surface area contributed by atoms with Crippen LogP contribution in [0.25, 0.3) is 0 Å². The van der Waals surface area contributed by atoms with Crippen molar-refractivity contribution in [2.75, 3.05) is 30.7 Å². The number of nitro groups is 2. The van der Waals surface area contributed by atoms with Crippen molar-refractivity contribution in [3.63, 3.8) is 0 Å². The molecule has 0 spiro atoms. The molecule has 2 rings (SSSR count). The molecule has 26 nitrogen and oxygen atoms in total. The Balaban J connectivity index is 0.00000286. The molecule has 362 valence electrons. The largest absolute Gasteiger partial charge is 0.490 e. The Labute approximate surface area is 372 Å². The topological polar surface area (TPSA) is 408 Å². The lowest BCUT2D eigenvalue weighted by atomic mass is 10.1. The van der Waals surface area contributed by atoms with E-state index in [1.165, 1.54) is 39.8 Å². The van der Waals surface area contributed by atoms with Crippen LogP contribution >= 0.6 is 0 Å². The van der Waals surface area contributed by atoms with Gasteiger partial charge >= 0.3 is 12.1 Å². The minimum absolute atomic E-state index is 0.0467. The number of benzene rings is 2. The van der Waals surface area contributed by atoms with Crippen molar-refractivity contribution in [2.24, 2.45) is 5.73 Å². The number of carboxylic acid groups (broad SMARTS) is 1. The molecule has 8 amide bonds. The predicted molar refractivity (Wildman–Crippen MR) is 224 cm³/mol. The number of nitro benzene ring substituents is 2. The summed E-state index contributed by atoms with van der Waals surface area (Å²) in [5.74, 6) is -8.76. The first-order valence-electron chi connectivity index (χ1n) is 19.3. The Morgan fingerprint density at radius 3 is 1.79 bits per heavy atom. The zero-order chi connectivity index (χ0) is 50.5. The maximum atomic E-state index is 13.4. The van der Waals surface area contributed by atoms with Crippen molar-refractivity contribution in [3.8, 4) is 0 Å². The van der Waals surface area contributed by atoms with Gasteiger partial charge in [0.05, 0.1) is 28.0 Å². The Kier molecular flexibility index (Phi) is 22.4. The number of halogens is 3. The van der Waals surface area contributed by atoms with Gasteiger partial charge in [0.2, 0.25) is 41.4 Å². The Morgan fingerprint density at radius 1 is 0.742 bits per heavy atom. The lowest BCUT2D eigenvalue weighted by Gasteiger charge is -2.24. The minimum atomic E-state index is -5.08. The summed E-state index contributed by atoms with van der Waals surface area (Å²) in [5, 5.41) is 49.2. The number of aliphatic carboxylic acids is 1. The molecule has 2 aromatic carbocycles. The van der Waals surface area contributed by atoms with Crippen LogP contribution in [-0.2, 0) is 38.4 Å². The van der Waals surface area contributed by atoms with Crippen LogP contribution in [0.1, 0.15) is 57.3 Å². The van der Waals surface area contributed by atoms with Crippen LogP contribution in [0.2, 0.25) is 0 Å². The molecular formula is C37H49F3N12O14. The summed E-state index contributed by atoms with van der Waals surface area (Å²) in [6.07, 6.45) is -4.28. The molecule has 0 heterocycles. The molecule has 0 saturated carbocycles. The summed E-state index contributed by atoms with van der Waals surface area (Å²) < 4.78 is 31.7. The second kappa shape index (κ2) is 26.5. The van der Waals surface area contributed by atoms with Crippen LogP contribution in [-0.4, -0.2) is 124 Å². The molecule has 0 aromatic heterocycles. The van der Waals surface area contributed by atoms with Crippen molar-refractivity contribution in [1.29, 1.82) is 0 Å². The van der Waals surface area contributed by atoms with Gasteiger partial charge in [-0.1, -0.05) is 12.1 Å². The van der Waals surface area contributed by atoms with Gasteiger partial charge in [-0.15, -0.1) is 0 Å². The number of amides is 8. The van der Waals surface area contributed by atoms with E-state index in [4.69, 9.17) is 21.4 Å². The number of alkyl halides is 3. The molecule has 5 unspecified atom stereocenters. The zero-order valence-corrected chi connectivity index (χ0v) is 35.6. The van der Waals surface area contributed by atoms with Crippen molar-refractivity contribution in [1.82, 2.24) is 37.2 Å². The number of hydrogen-bond donors (Lipinski definition) is 11. The van der Waals surface area contributed by atoms with Gasteiger partial charge in [-0.3, -0.25) is 58.6 Å². The van der Waals surface area contributed by atoms with E-state index in [2.05, 4.69) is 42.5 Å². The summed E-state index contributed by atoms with van der Waals surface area (Å²) in [4.78, 5) is 130. The molecule has 0 radical (unpaired) electrons. The third kappa shape index (κ3) is 19.9. The third-order valence-electron chi connectivity index (χ3n) is 8.60. The highest BCUT2D eigenvalue weighted by Crippen LogP contribution is 2.29. The van der Waals surface area contributed by atoms with E-state index < -0.39 is 118 Å². The van der Waals surface area contributed by atoms with Gasteiger partial charge in [0.15, 0.2) is 0 Å². The highest BCUT2D eigenvalue weighted by molar-refractivity contribution is 6.01. The maximum Gasteiger partial charge on any atom is 0.490 e. The fourth-order valence-electron chi connectivity index (χ4n) is 5.07. The molecule has 29 heteroatoms. The predicted octanol–water partition coefficient (Wildman–Crippen LogP) is -1.16. The number of anilines is 2. The van der Waals surface area contributed by atoms with Gasteiger partial charge in [0.1, 0.15) is 35.9 Å². The van der Waals surface area contributed by atoms with E-state index in [0.717, 1.165) is 12.1 Å². The quantitative estimate of drug-likeness (QED) is 0.0271. The highest BCUT2D eigenvalue weighted by atomic mass is 19.4. The van der Waals surface area contributed by atoms with Crippen LogP contribution < -0.4 is 54.0 Å². The summed E-state index contributed by atoms with van der Waals surface area (Å²) in [6, 6.07) is 2.47. The van der Waals surface area contributed by atoms with E-state index >= 15 is 0 Å². The van der Waals surface area contributed by atoms with E-state index in [1.54, 1.807) is 12.1 Å². The van der Waals surface area contributed by atoms with Crippen LogP contribution in [0.5, 0.6) is 0 Å². The average molecular weight is 943 g/mol. The van der Waals surface area contributed by atoms with Crippen LogP contribution in [0.4, 0.5) is 35.9 Å². The first-order chi connectivity index (χ1) is 30.7. The second-order valence-electron chi connectivity index (χ2n) is 13.9. The summed E-state index contributed by atoms with van der Waals surface area (Å²) >= 11 is 0. The molecule has 66 heavy (non-hydrogen) atoms. The molecule has 0 aliphatic heterocycles. The number of nitrogens with zero attached hydrogens (tertiary/aromatic N) is 2. The number of hydrogen-bond acceptors (Lipinski definition) is 15. The molecule has 13 N–H and O–H groups in total. The van der Waals surface area contributed by atoms with Crippen LogP contribution in [0.3, 0.4) is 0 Å². The van der Waals surface area contributed by atoms with Gasteiger partial charge in [-0.25, -0.2) is 4.79 Å². The number of nitrogens with two attached hydrogens (primary N) is 2. The van der Waals surface area contributed by atoms with Crippen molar-refractivity contribution in [3.05, 3.63) is 68.3 Å². The van der Waals surface area contributed by atoms with Gasteiger partial charge in [0, 0.05) is 31.8 Å². The summed E-state index contributed by atoms with van der Waals surface area (Å²) in [7, 11) is 0. The molecular weight excluding hydrogens is 893 g/mol. The van der Waals surface area contributed by atoms with Gasteiger partial charge in [-0.2, -0.15) is 13.2 Å². The lowest BCUT2D eigenvalue weighted by Crippen LogP contribution is -2.58. The van der Waals surface area contributed by atoms with Gasteiger partial charge in [0.25, 0.3) is 17.3 Å². The lowest BCUT2D eigenvalue weighted by molar-refractivity contribution is -0.393. The molecule has 0 fully saturated rings. The SMILES string of the molecule is CC(=O)NCCCCC(NC(=O)C(C)NC(=O)CNC(=O)c1ccccc1N)C(=O)NC(C)C(=O)NC(C)C(=O)NC(CNc1ccc([N+](=O)[O-])cc1[N+](=O)[O-])C(N)=O.O=C(O)C(F)(F)F. The molecule has 0 aliphatic carbocycles. The Morgan fingerprint density at radius 2 is 1.27 bits per heavy atom. The van der Waals surface area contributed by atoms with Crippen molar-refractivity contribution < 1.29 is 71.3 Å². The Bertz CT molecular complexity index is 2140. The zero-order valence-electron chi connectivity index (χ0n) is 35.6. The number of carbonyl (C=O) groups is 9. The number of primary amides is 1. The number of rotatable bonds is 23. The Hall–Kier alpha value is -8.14. The molecule has 5 atom stereocenters. The molecule has 0 aliphatic rings. The van der Waals surface area contributed by atoms with Crippen LogP contribution in [0.15, 0.2) is 42.5 Å². The van der Waals surface area contributed by atoms with E-state index in [0.29, 0.717) is 18.9 Å². The molecule has 0 bridgehead atoms. The smallest absolute Gasteiger partial charge is 0.475 e. The minimum Gasteiger partial charge on any atom is -0.475 e.